The second-order valence-electron chi connectivity index (χ2n) is 7.94. The highest BCUT2D eigenvalue weighted by molar-refractivity contribution is 6.43. The summed E-state index contributed by atoms with van der Waals surface area (Å²) in [7, 11) is 0. The fraction of sp³-hybridized carbons (Fsp3) is 0.462. The highest BCUT2D eigenvalue weighted by Crippen LogP contribution is 2.22. The van der Waals surface area contributed by atoms with E-state index in [1.54, 1.807) is 0 Å². The summed E-state index contributed by atoms with van der Waals surface area (Å²) >= 11 is 0. The topological polar surface area (TPSA) is 24.7 Å². The first-order valence-electron chi connectivity index (χ1n) is 10.7. The molecule has 0 unspecified atom stereocenters. The van der Waals surface area contributed by atoms with Gasteiger partial charge in [-0.15, -0.1) is 0 Å². The maximum Gasteiger partial charge on any atom is 0.0639 e. The van der Waals surface area contributed by atoms with Crippen molar-refractivity contribution in [2.24, 2.45) is 9.98 Å². The van der Waals surface area contributed by atoms with Crippen molar-refractivity contribution >= 4 is 22.8 Å². The minimum absolute atomic E-state index is 0.983. The number of benzene rings is 2. The van der Waals surface area contributed by atoms with Gasteiger partial charge in [0.15, 0.2) is 0 Å². The van der Waals surface area contributed by atoms with Gasteiger partial charge in [-0.3, -0.25) is 9.98 Å². The Labute approximate surface area is 171 Å². The van der Waals surface area contributed by atoms with E-state index >= 15 is 0 Å². The monoisotopic (exact) mass is 376 g/mol. The second-order valence-corrected chi connectivity index (χ2v) is 7.94. The summed E-state index contributed by atoms with van der Waals surface area (Å²) in [5, 5.41) is 0. The van der Waals surface area contributed by atoms with E-state index in [1.165, 1.54) is 22.3 Å². The molecular weight excluding hydrogens is 340 g/mol. The van der Waals surface area contributed by atoms with Crippen molar-refractivity contribution in [2.45, 2.75) is 80.1 Å². The molecule has 150 valence electrons. The van der Waals surface area contributed by atoms with Crippen LogP contribution in [0.15, 0.2) is 46.4 Å². The van der Waals surface area contributed by atoms with Gasteiger partial charge in [0, 0.05) is 0 Å². The summed E-state index contributed by atoms with van der Waals surface area (Å²) in [5.74, 6) is 0. The molecule has 2 aromatic rings. The highest BCUT2D eigenvalue weighted by atomic mass is 14.8. The SMILES string of the molecule is CCCCC(=Nc1cc(C)cc(C)c1)C(CCCC)=Nc1ccc(C)c(C)c1. The third-order valence-corrected chi connectivity index (χ3v) is 5.09. The van der Waals surface area contributed by atoms with E-state index in [0.717, 1.165) is 61.3 Å². The first-order chi connectivity index (χ1) is 13.4. The molecule has 0 saturated carbocycles. The predicted octanol–water partition coefficient (Wildman–Crippen LogP) is 8.15. The maximum atomic E-state index is 5.09. The number of aryl methyl sites for hydroxylation is 4. The van der Waals surface area contributed by atoms with Gasteiger partial charge >= 0.3 is 0 Å². The van der Waals surface area contributed by atoms with Crippen molar-refractivity contribution in [3.05, 3.63) is 58.7 Å². The second kappa shape index (κ2) is 10.9. The van der Waals surface area contributed by atoms with Crippen LogP contribution in [0.25, 0.3) is 0 Å². The van der Waals surface area contributed by atoms with E-state index < -0.39 is 0 Å². The lowest BCUT2D eigenvalue weighted by molar-refractivity contribution is 0.824. The molecule has 0 fully saturated rings. The van der Waals surface area contributed by atoms with Crippen molar-refractivity contribution in [3.63, 3.8) is 0 Å². The number of hydrogen-bond acceptors (Lipinski definition) is 2. The molecule has 0 saturated heterocycles. The van der Waals surface area contributed by atoms with Crippen LogP contribution in [0.2, 0.25) is 0 Å². The summed E-state index contributed by atoms with van der Waals surface area (Å²) in [6, 6.07) is 13.0. The molecule has 0 N–H and O–H groups in total. The van der Waals surface area contributed by atoms with Crippen LogP contribution in [0.4, 0.5) is 11.4 Å². The standard InChI is InChI=1S/C26H36N2/c1-7-9-11-25(27-23-14-13-21(5)22(6)18-23)26(12-10-8-2)28-24-16-19(3)15-20(4)17-24/h13-18H,7-12H2,1-6H3. The Morgan fingerprint density at radius 3 is 1.68 bits per heavy atom. The van der Waals surface area contributed by atoms with Crippen molar-refractivity contribution in [1.29, 1.82) is 0 Å². The smallest absolute Gasteiger partial charge is 0.0639 e. The molecule has 0 aliphatic heterocycles. The van der Waals surface area contributed by atoms with Gasteiger partial charge in [-0.1, -0.05) is 38.8 Å². The Balaban J connectivity index is 2.49. The molecular formula is C26H36N2. The summed E-state index contributed by atoms with van der Waals surface area (Å²) in [6.07, 6.45) is 6.57. The van der Waals surface area contributed by atoms with Gasteiger partial charge in [0.2, 0.25) is 0 Å². The minimum atomic E-state index is 0.983. The summed E-state index contributed by atoms with van der Waals surface area (Å²) in [5.41, 5.74) is 9.51. The van der Waals surface area contributed by atoms with E-state index in [4.69, 9.17) is 9.98 Å². The van der Waals surface area contributed by atoms with E-state index in [1.807, 2.05) is 0 Å². The highest BCUT2D eigenvalue weighted by Gasteiger charge is 2.11. The maximum absolute atomic E-state index is 5.09. The summed E-state index contributed by atoms with van der Waals surface area (Å²) in [6.45, 7) is 13.1. The predicted molar refractivity (Wildman–Crippen MR) is 125 cm³/mol. The Hall–Kier alpha value is -2.22. The quantitative estimate of drug-likeness (QED) is 0.394. The van der Waals surface area contributed by atoms with Crippen molar-refractivity contribution in [1.82, 2.24) is 0 Å². The van der Waals surface area contributed by atoms with E-state index in [9.17, 15) is 0 Å². The van der Waals surface area contributed by atoms with Crippen LogP contribution >= 0.6 is 0 Å². The van der Waals surface area contributed by atoms with Gasteiger partial charge in [0.1, 0.15) is 0 Å². The molecule has 0 aliphatic carbocycles. The number of unbranched alkanes of at least 4 members (excludes halogenated alkanes) is 2. The van der Waals surface area contributed by atoms with Crippen LogP contribution in [0.5, 0.6) is 0 Å². The van der Waals surface area contributed by atoms with Gasteiger partial charge in [0.25, 0.3) is 0 Å². The molecule has 0 bridgehead atoms. The third-order valence-electron chi connectivity index (χ3n) is 5.09. The molecule has 0 atom stereocenters. The van der Waals surface area contributed by atoms with E-state index in [2.05, 4.69) is 77.9 Å². The Morgan fingerprint density at radius 1 is 0.643 bits per heavy atom. The lowest BCUT2D eigenvalue weighted by Gasteiger charge is -2.12. The lowest BCUT2D eigenvalue weighted by Crippen LogP contribution is -2.14. The zero-order valence-electron chi connectivity index (χ0n) is 18.6. The van der Waals surface area contributed by atoms with Crippen LogP contribution in [0, 0.1) is 27.7 Å². The molecule has 2 rings (SSSR count). The summed E-state index contributed by atoms with van der Waals surface area (Å²) in [4.78, 5) is 10.2. The first-order valence-corrected chi connectivity index (χ1v) is 10.7. The molecule has 0 spiro atoms. The van der Waals surface area contributed by atoms with Gasteiger partial charge < -0.3 is 0 Å². The molecule has 0 radical (unpaired) electrons. The van der Waals surface area contributed by atoms with Crippen LogP contribution in [-0.4, -0.2) is 11.4 Å². The van der Waals surface area contributed by atoms with E-state index in [-0.39, 0.29) is 0 Å². The number of rotatable bonds is 9. The zero-order valence-corrected chi connectivity index (χ0v) is 18.6. The van der Waals surface area contributed by atoms with E-state index in [0.29, 0.717) is 0 Å². The Bertz CT molecular complexity index is 823. The molecule has 0 aromatic heterocycles. The average molecular weight is 377 g/mol. The normalized spacial score (nSPS) is 12.5. The molecule has 2 aromatic carbocycles. The Kier molecular flexibility index (Phi) is 8.63. The van der Waals surface area contributed by atoms with Gasteiger partial charge in [-0.25, -0.2) is 0 Å². The molecule has 0 aliphatic rings. The zero-order chi connectivity index (χ0) is 20.5. The molecule has 0 heterocycles. The van der Waals surface area contributed by atoms with Crippen LogP contribution in [0.3, 0.4) is 0 Å². The van der Waals surface area contributed by atoms with Crippen molar-refractivity contribution in [2.75, 3.05) is 0 Å². The molecule has 28 heavy (non-hydrogen) atoms. The lowest BCUT2D eigenvalue weighted by atomic mass is 10.0. The van der Waals surface area contributed by atoms with Crippen molar-refractivity contribution in [3.8, 4) is 0 Å². The van der Waals surface area contributed by atoms with Gasteiger partial charge in [0.05, 0.1) is 22.8 Å². The molecule has 0 amide bonds. The number of hydrogen-bond donors (Lipinski definition) is 0. The van der Waals surface area contributed by atoms with Gasteiger partial charge in [-0.05, 0) is 99.9 Å². The van der Waals surface area contributed by atoms with Crippen LogP contribution in [0.1, 0.15) is 74.6 Å². The molecule has 2 nitrogen and oxygen atoms in total. The van der Waals surface area contributed by atoms with Gasteiger partial charge in [-0.2, -0.15) is 0 Å². The fourth-order valence-corrected chi connectivity index (χ4v) is 3.34. The minimum Gasteiger partial charge on any atom is -0.252 e. The van der Waals surface area contributed by atoms with Crippen molar-refractivity contribution < 1.29 is 0 Å². The van der Waals surface area contributed by atoms with Crippen LogP contribution < -0.4 is 0 Å². The number of aliphatic imine (C=N–C) groups is 2. The molecule has 2 heteroatoms. The average Bonchev–Trinajstić information content (AvgIpc) is 2.64. The third kappa shape index (κ3) is 6.74. The first kappa shape index (κ1) is 22.1. The number of nitrogens with zero attached hydrogens (tertiary/aromatic N) is 2. The van der Waals surface area contributed by atoms with Crippen LogP contribution in [-0.2, 0) is 0 Å². The summed E-state index contributed by atoms with van der Waals surface area (Å²) < 4.78 is 0. The fourth-order valence-electron chi connectivity index (χ4n) is 3.34. The Morgan fingerprint density at radius 2 is 1.18 bits per heavy atom. The largest absolute Gasteiger partial charge is 0.252 e.